The Morgan fingerprint density at radius 2 is 1.12 bits per heavy atom. The van der Waals surface area contributed by atoms with Gasteiger partial charge in [-0.25, -0.2) is 0 Å². The van der Waals surface area contributed by atoms with Crippen LogP contribution in [-0.4, -0.2) is 0 Å². The van der Waals surface area contributed by atoms with Crippen LogP contribution in [0.25, 0.3) is 66.1 Å². The average Bonchev–Trinajstić information content (AvgIpc) is 3.82. The van der Waals surface area contributed by atoms with E-state index >= 15 is 0 Å². The van der Waals surface area contributed by atoms with Crippen molar-refractivity contribution in [3.8, 4) is 22.3 Å². The van der Waals surface area contributed by atoms with Gasteiger partial charge in [0.2, 0.25) is 0 Å². The maximum atomic E-state index is 7.08. The largest absolute Gasteiger partial charge is 0.455 e. The standard InChI is InChI=1S/C53H47NO2/c1-51(2,3)33-29-44(52(4,5)6)48-41-19-14-21-45(50(41)56-47(48)30-33)54(35-27-28-38-37-15-9-11-20-42(37)53(7,8)43(38)31-35)34-25-23-32(24-26-34)36-17-13-18-40-39-16-10-12-22-46(39)55-49(36)40/h9-31H,1-8H3. The quantitative estimate of drug-likeness (QED) is 0.181. The fourth-order valence-corrected chi connectivity index (χ4v) is 9.14. The molecule has 0 saturated carbocycles. The third-order valence-corrected chi connectivity index (χ3v) is 12.2. The number of hydrogen-bond donors (Lipinski definition) is 0. The second-order valence-electron chi connectivity index (χ2n) is 18.2. The SMILES string of the molecule is CC(C)(C)c1cc(C(C)(C)C)c2c(c1)oc1c(N(c3ccc(-c4cccc5c4oc4ccccc45)cc3)c3ccc4c(c3)C(C)(C)c3ccccc3-4)cccc12. The summed E-state index contributed by atoms with van der Waals surface area (Å²) >= 11 is 0. The van der Waals surface area contributed by atoms with Gasteiger partial charge in [0.1, 0.15) is 16.7 Å². The first-order chi connectivity index (χ1) is 26.8. The summed E-state index contributed by atoms with van der Waals surface area (Å²) in [5, 5.41) is 4.60. The van der Waals surface area contributed by atoms with Gasteiger partial charge < -0.3 is 13.7 Å². The highest BCUT2D eigenvalue weighted by Crippen LogP contribution is 2.52. The summed E-state index contributed by atoms with van der Waals surface area (Å²) in [4.78, 5) is 2.39. The minimum absolute atomic E-state index is 0.0225. The molecule has 0 saturated heterocycles. The second-order valence-corrected chi connectivity index (χ2v) is 18.2. The molecule has 0 aliphatic heterocycles. The lowest BCUT2D eigenvalue weighted by atomic mass is 9.79. The molecule has 3 heteroatoms. The van der Waals surface area contributed by atoms with E-state index < -0.39 is 0 Å². The summed E-state index contributed by atoms with van der Waals surface area (Å²) in [5.74, 6) is 0. The monoisotopic (exact) mass is 729 g/mol. The lowest BCUT2D eigenvalue weighted by Gasteiger charge is -2.28. The number of hydrogen-bond acceptors (Lipinski definition) is 3. The zero-order valence-corrected chi connectivity index (χ0v) is 33.5. The molecule has 0 atom stereocenters. The van der Waals surface area contributed by atoms with Gasteiger partial charge in [-0.15, -0.1) is 0 Å². The smallest absolute Gasteiger partial charge is 0.159 e. The van der Waals surface area contributed by atoms with Gasteiger partial charge in [-0.3, -0.25) is 0 Å². The Morgan fingerprint density at radius 3 is 1.91 bits per heavy atom. The summed E-state index contributed by atoms with van der Waals surface area (Å²) in [7, 11) is 0. The Kier molecular flexibility index (Phi) is 7.36. The van der Waals surface area contributed by atoms with Crippen LogP contribution in [0, 0.1) is 0 Å². The van der Waals surface area contributed by atoms with Gasteiger partial charge in [-0.1, -0.05) is 152 Å². The van der Waals surface area contributed by atoms with Gasteiger partial charge in [-0.2, -0.15) is 0 Å². The maximum absolute atomic E-state index is 7.08. The number of furan rings is 2. The third-order valence-electron chi connectivity index (χ3n) is 12.2. The van der Waals surface area contributed by atoms with Crippen LogP contribution in [0.15, 0.2) is 148 Å². The number of fused-ring (bicyclic) bond motifs is 9. The van der Waals surface area contributed by atoms with Crippen LogP contribution in [0.2, 0.25) is 0 Å². The lowest BCUT2D eigenvalue weighted by Crippen LogP contribution is -2.16. The van der Waals surface area contributed by atoms with Crippen molar-refractivity contribution in [1.82, 2.24) is 0 Å². The van der Waals surface area contributed by atoms with Crippen molar-refractivity contribution in [3.05, 3.63) is 162 Å². The Labute approximate surface area is 329 Å². The van der Waals surface area contributed by atoms with Crippen LogP contribution in [-0.2, 0) is 16.2 Å². The Balaban J connectivity index is 1.19. The lowest BCUT2D eigenvalue weighted by molar-refractivity contribution is 0.569. The van der Waals surface area contributed by atoms with E-state index in [4.69, 9.17) is 8.83 Å². The molecule has 2 aromatic heterocycles. The van der Waals surface area contributed by atoms with E-state index in [1.54, 1.807) is 0 Å². The van der Waals surface area contributed by atoms with Crippen LogP contribution >= 0.6 is 0 Å². The third kappa shape index (κ3) is 5.17. The molecule has 10 rings (SSSR count). The maximum Gasteiger partial charge on any atom is 0.159 e. The van der Waals surface area contributed by atoms with Crippen molar-refractivity contribution in [2.45, 2.75) is 71.6 Å². The molecule has 0 N–H and O–H groups in total. The highest BCUT2D eigenvalue weighted by molar-refractivity contribution is 6.13. The van der Waals surface area contributed by atoms with Crippen LogP contribution < -0.4 is 4.90 Å². The summed E-state index contributed by atoms with van der Waals surface area (Å²) < 4.78 is 13.5. The molecule has 1 aliphatic carbocycles. The minimum Gasteiger partial charge on any atom is -0.455 e. The zero-order chi connectivity index (χ0) is 38.7. The molecular weight excluding hydrogens is 683 g/mol. The number of benzene rings is 7. The molecule has 9 aromatic rings. The fourth-order valence-electron chi connectivity index (χ4n) is 9.14. The van der Waals surface area contributed by atoms with Gasteiger partial charge in [0.15, 0.2) is 5.58 Å². The van der Waals surface area contributed by atoms with E-state index in [2.05, 4.69) is 188 Å². The summed E-state index contributed by atoms with van der Waals surface area (Å²) in [6.45, 7) is 18.5. The zero-order valence-electron chi connectivity index (χ0n) is 33.5. The van der Waals surface area contributed by atoms with E-state index in [-0.39, 0.29) is 16.2 Å². The van der Waals surface area contributed by atoms with E-state index in [0.29, 0.717) is 0 Å². The average molecular weight is 730 g/mol. The molecule has 56 heavy (non-hydrogen) atoms. The molecule has 1 aliphatic rings. The van der Waals surface area contributed by atoms with Gasteiger partial charge in [-0.05, 0) is 92.2 Å². The van der Waals surface area contributed by atoms with Crippen LogP contribution in [0.4, 0.5) is 17.1 Å². The molecule has 276 valence electrons. The molecule has 3 nitrogen and oxygen atoms in total. The fraction of sp³-hybridized carbons (Fsp3) is 0.208. The van der Waals surface area contributed by atoms with Crippen molar-refractivity contribution in [1.29, 1.82) is 0 Å². The highest BCUT2D eigenvalue weighted by Gasteiger charge is 2.36. The first-order valence-corrected chi connectivity index (χ1v) is 19.8. The van der Waals surface area contributed by atoms with Crippen molar-refractivity contribution in [3.63, 3.8) is 0 Å². The summed E-state index contributed by atoms with van der Waals surface area (Å²) in [5.41, 5.74) is 16.6. The van der Waals surface area contributed by atoms with Crippen LogP contribution in [0.1, 0.15) is 77.6 Å². The molecule has 2 heterocycles. The van der Waals surface area contributed by atoms with E-state index in [1.165, 1.54) is 38.8 Å². The second kappa shape index (κ2) is 12.0. The van der Waals surface area contributed by atoms with Crippen LogP contribution in [0.5, 0.6) is 0 Å². The first kappa shape index (κ1) is 34.4. The van der Waals surface area contributed by atoms with Crippen molar-refractivity contribution >= 4 is 60.9 Å². The predicted molar refractivity (Wildman–Crippen MR) is 236 cm³/mol. The summed E-state index contributed by atoms with van der Waals surface area (Å²) in [6, 6.07) is 50.8. The molecular formula is C53H47NO2. The van der Waals surface area contributed by atoms with E-state index in [9.17, 15) is 0 Å². The Hall–Kier alpha value is -6.06. The molecule has 0 fully saturated rings. The van der Waals surface area contributed by atoms with Gasteiger partial charge in [0, 0.05) is 43.9 Å². The molecule has 0 spiro atoms. The molecule has 0 amide bonds. The van der Waals surface area contributed by atoms with Gasteiger partial charge >= 0.3 is 0 Å². The van der Waals surface area contributed by atoms with Crippen molar-refractivity contribution in [2.75, 3.05) is 4.90 Å². The number of nitrogens with zero attached hydrogens (tertiary/aromatic N) is 1. The topological polar surface area (TPSA) is 29.5 Å². The van der Waals surface area contributed by atoms with Gasteiger partial charge in [0.25, 0.3) is 0 Å². The summed E-state index contributed by atoms with van der Waals surface area (Å²) in [6.07, 6.45) is 0. The predicted octanol–water partition coefficient (Wildman–Crippen LogP) is 15.5. The molecule has 7 aromatic carbocycles. The minimum atomic E-state index is -0.140. The number of anilines is 3. The van der Waals surface area contributed by atoms with Crippen molar-refractivity contribution in [2.24, 2.45) is 0 Å². The number of para-hydroxylation sites is 3. The van der Waals surface area contributed by atoms with E-state index in [1.807, 2.05) is 12.1 Å². The molecule has 0 unspecified atom stereocenters. The normalized spacial score (nSPS) is 13.9. The van der Waals surface area contributed by atoms with Gasteiger partial charge in [0.05, 0.1) is 5.69 Å². The highest BCUT2D eigenvalue weighted by atomic mass is 16.3. The Bertz CT molecular complexity index is 3010. The Morgan fingerprint density at radius 1 is 0.482 bits per heavy atom. The molecule has 0 bridgehead atoms. The van der Waals surface area contributed by atoms with Crippen LogP contribution in [0.3, 0.4) is 0 Å². The first-order valence-electron chi connectivity index (χ1n) is 19.8. The number of rotatable bonds is 4. The van der Waals surface area contributed by atoms with E-state index in [0.717, 1.165) is 66.7 Å². The molecule has 0 radical (unpaired) electrons. The van der Waals surface area contributed by atoms with Crippen molar-refractivity contribution < 1.29 is 8.83 Å².